The van der Waals surface area contributed by atoms with Crippen molar-refractivity contribution in [3.8, 4) is 5.69 Å². The summed E-state index contributed by atoms with van der Waals surface area (Å²) in [6.07, 6.45) is 8.81. The van der Waals surface area contributed by atoms with E-state index in [4.69, 9.17) is 9.47 Å². The van der Waals surface area contributed by atoms with Crippen LogP contribution in [0.4, 0.5) is 5.69 Å². The quantitative estimate of drug-likeness (QED) is 0.238. The van der Waals surface area contributed by atoms with Crippen molar-refractivity contribution < 1.29 is 24.0 Å². The van der Waals surface area contributed by atoms with Crippen LogP contribution in [0.2, 0.25) is 0 Å². The van der Waals surface area contributed by atoms with E-state index < -0.39 is 22.8 Å². The van der Waals surface area contributed by atoms with Crippen LogP contribution in [-0.4, -0.2) is 39.6 Å². The number of dihydropyridines is 1. The molecule has 0 aliphatic carbocycles. The first-order valence-electron chi connectivity index (χ1n) is 12.4. The zero-order valence-corrected chi connectivity index (χ0v) is 21.8. The molecule has 0 radical (unpaired) electrons. The Kier molecular flexibility index (Phi) is 8.35. The Balaban J connectivity index is 1.82. The van der Waals surface area contributed by atoms with Gasteiger partial charge in [0.05, 0.1) is 41.5 Å². The first-order valence-corrected chi connectivity index (χ1v) is 12.4. The molecule has 0 spiro atoms. The Hall–Kier alpha value is -4.99. The largest absolute Gasteiger partial charge is 0.463 e. The molecule has 39 heavy (non-hydrogen) atoms. The first kappa shape index (κ1) is 27.1. The van der Waals surface area contributed by atoms with Gasteiger partial charge in [-0.1, -0.05) is 30.3 Å². The molecule has 10 nitrogen and oxygen atoms in total. The van der Waals surface area contributed by atoms with Gasteiger partial charge in [0, 0.05) is 41.6 Å². The lowest BCUT2D eigenvalue weighted by molar-refractivity contribution is -0.384. The molecule has 3 aromatic rings. The zero-order chi connectivity index (χ0) is 27.9. The summed E-state index contributed by atoms with van der Waals surface area (Å²) in [4.78, 5) is 41.5. The molecule has 0 fully saturated rings. The highest BCUT2D eigenvalue weighted by Crippen LogP contribution is 2.40. The average molecular weight is 529 g/mol. The van der Waals surface area contributed by atoms with E-state index in [1.165, 1.54) is 18.2 Å². The third-order valence-corrected chi connectivity index (χ3v) is 6.14. The molecule has 1 aliphatic rings. The lowest BCUT2D eigenvalue weighted by Gasteiger charge is -2.30. The second-order valence-corrected chi connectivity index (χ2v) is 8.61. The van der Waals surface area contributed by atoms with Gasteiger partial charge in [-0.25, -0.2) is 14.6 Å². The number of benzene rings is 2. The summed E-state index contributed by atoms with van der Waals surface area (Å²) in [5.74, 6) is -2.22. The van der Waals surface area contributed by atoms with Crippen LogP contribution in [0.25, 0.3) is 11.8 Å². The number of nitro benzene ring substituents is 1. The van der Waals surface area contributed by atoms with E-state index in [1.54, 1.807) is 45.4 Å². The molecule has 10 heteroatoms. The molecule has 1 aromatic heterocycles. The Bertz CT molecular complexity index is 1470. The molecule has 2 aromatic carbocycles. The summed E-state index contributed by atoms with van der Waals surface area (Å²) in [5, 5.41) is 14.7. The summed E-state index contributed by atoms with van der Waals surface area (Å²) in [5.41, 5.74) is 3.25. The van der Waals surface area contributed by atoms with Crippen molar-refractivity contribution in [1.82, 2.24) is 14.9 Å². The van der Waals surface area contributed by atoms with Gasteiger partial charge in [0.25, 0.3) is 5.69 Å². The van der Waals surface area contributed by atoms with Crippen molar-refractivity contribution in [3.05, 3.63) is 117 Å². The first-order chi connectivity index (χ1) is 18.8. The van der Waals surface area contributed by atoms with Gasteiger partial charge in [-0.05, 0) is 50.1 Å². The lowest BCUT2D eigenvalue weighted by atomic mass is 9.80. The molecule has 0 amide bonds. The molecule has 1 unspecified atom stereocenters. The van der Waals surface area contributed by atoms with Crippen LogP contribution in [0.1, 0.15) is 37.8 Å². The molecule has 1 atom stereocenters. The van der Waals surface area contributed by atoms with Crippen LogP contribution in [0.3, 0.4) is 0 Å². The van der Waals surface area contributed by atoms with Crippen LogP contribution < -0.4 is 5.32 Å². The monoisotopic (exact) mass is 528 g/mol. The lowest BCUT2D eigenvalue weighted by Crippen LogP contribution is -2.33. The van der Waals surface area contributed by atoms with Gasteiger partial charge in [-0.15, -0.1) is 0 Å². The maximum atomic E-state index is 13.4. The second-order valence-electron chi connectivity index (χ2n) is 8.61. The Morgan fingerprint density at radius 3 is 2.36 bits per heavy atom. The number of imidazole rings is 1. The maximum absolute atomic E-state index is 13.4. The number of aromatic nitrogens is 2. The van der Waals surface area contributed by atoms with Gasteiger partial charge >= 0.3 is 11.9 Å². The number of nitrogens with one attached hydrogen (secondary N) is 1. The minimum Gasteiger partial charge on any atom is -0.463 e. The van der Waals surface area contributed by atoms with Gasteiger partial charge < -0.3 is 19.4 Å². The van der Waals surface area contributed by atoms with Crippen LogP contribution in [0.5, 0.6) is 0 Å². The van der Waals surface area contributed by atoms with E-state index in [1.807, 2.05) is 41.1 Å². The number of nitro groups is 1. The number of carbonyl (C=O) groups is 2. The number of rotatable bonds is 9. The number of ether oxygens (including phenoxy) is 2. The summed E-state index contributed by atoms with van der Waals surface area (Å²) in [6, 6.07) is 13.6. The SMILES string of the molecule is CCOC(=O)C1=C(C)NC(C=Cc2ccc(-n3ccnc3)cc2)=C(C(=O)OCC)C1c1cccc([N+](=O)[O-])c1. The number of esters is 2. The van der Waals surface area contributed by atoms with Crippen LogP contribution in [0.15, 0.2) is 95.9 Å². The summed E-state index contributed by atoms with van der Waals surface area (Å²) >= 11 is 0. The topological polar surface area (TPSA) is 126 Å². The fourth-order valence-corrected chi connectivity index (χ4v) is 4.40. The van der Waals surface area contributed by atoms with E-state index in [9.17, 15) is 19.7 Å². The normalized spacial score (nSPS) is 15.3. The minimum atomic E-state index is -0.951. The van der Waals surface area contributed by atoms with Crippen LogP contribution >= 0.6 is 0 Å². The highest BCUT2D eigenvalue weighted by atomic mass is 16.6. The molecule has 0 saturated carbocycles. The van der Waals surface area contributed by atoms with Crippen LogP contribution in [0, 0.1) is 10.1 Å². The minimum absolute atomic E-state index is 0.105. The maximum Gasteiger partial charge on any atom is 0.337 e. The van der Waals surface area contributed by atoms with E-state index in [0.29, 0.717) is 17.0 Å². The molecule has 0 bridgehead atoms. The summed E-state index contributed by atoms with van der Waals surface area (Å²) in [7, 11) is 0. The number of allylic oxidation sites excluding steroid dienone is 2. The number of non-ortho nitro benzene ring substituents is 1. The Morgan fingerprint density at radius 2 is 1.74 bits per heavy atom. The van der Waals surface area contributed by atoms with Gasteiger partial charge in [0.1, 0.15) is 0 Å². The summed E-state index contributed by atoms with van der Waals surface area (Å²) in [6.45, 7) is 5.29. The van der Waals surface area contributed by atoms with Crippen molar-refractivity contribution in [1.29, 1.82) is 0 Å². The molecule has 0 saturated heterocycles. The third kappa shape index (κ3) is 5.96. The van der Waals surface area contributed by atoms with Crippen molar-refractivity contribution in [3.63, 3.8) is 0 Å². The van der Waals surface area contributed by atoms with Crippen molar-refractivity contribution >= 4 is 23.7 Å². The smallest absolute Gasteiger partial charge is 0.337 e. The Morgan fingerprint density at radius 1 is 1.05 bits per heavy atom. The number of hydrogen-bond donors (Lipinski definition) is 1. The molecule has 1 aliphatic heterocycles. The average Bonchev–Trinajstić information content (AvgIpc) is 3.47. The van der Waals surface area contributed by atoms with E-state index in [0.717, 1.165) is 11.3 Å². The van der Waals surface area contributed by atoms with E-state index in [2.05, 4.69) is 10.3 Å². The van der Waals surface area contributed by atoms with Gasteiger partial charge in [-0.3, -0.25) is 10.1 Å². The highest BCUT2D eigenvalue weighted by Gasteiger charge is 2.39. The van der Waals surface area contributed by atoms with Gasteiger partial charge in [-0.2, -0.15) is 0 Å². The molecule has 4 rings (SSSR count). The van der Waals surface area contributed by atoms with E-state index in [-0.39, 0.29) is 30.0 Å². The molecule has 2 heterocycles. The molecular formula is C29H28N4O6. The number of carbonyl (C=O) groups excluding carboxylic acids is 2. The fourth-order valence-electron chi connectivity index (χ4n) is 4.40. The molecule has 200 valence electrons. The van der Waals surface area contributed by atoms with Gasteiger partial charge in [0.15, 0.2) is 0 Å². The van der Waals surface area contributed by atoms with Crippen LogP contribution in [-0.2, 0) is 19.1 Å². The second kappa shape index (κ2) is 12.0. The standard InChI is InChI=1S/C29H28N4O6/c1-4-38-28(34)25-19(3)31-24(14-11-20-9-12-22(13-10-20)32-16-15-30-18-32)27(29(35)39-5-2)26(25)21-7-6-8-23(17-21)33(36)37/h6-18,26,31H,4-5H2,1-3H3. The van der Waals surface area contributed by atoms with Crippen molar-refractivity contribution in [2.45, 2.75) is 26.7 Å². The molecule has 1 N–H and O–H groups in total. The third-order valence-electron chi connectivity index (χ3n) is 6.14. The van der Waals surface area contributed by atoms with Gasteiger partial charge in [0.2, 0.25) is 0 Å². The summed E-state index contributed by atoms with van der Waals surface area (Å²) < 4.78 is 12.6. The molecular weight excluding hydrogens is 500 g/mol. The number of nitrogens with zero attached hydrogens (tertiary/aromatic N) is 3. The number of hydrogen-bond acceptors (Lipinski definition) is 8. The Labute approximate surface area is 225 Å². The zero-order valence-electron chi connectivity index (χ0n) is 21.8. The highest BCUT2D eigenvalue weighted by molar-refractivity contribution is 6.00. The predicted octanol–water partition coefficient (Wildman–Crippen LogP) is 4.84. The predicted molar refractivity (Wildman–Crippen MR) is 145 cm³/mol. The van der Waals surface area contributed by atoms with Crippen molar-refractivity contribution in [2.75, 3.05) is 13.2 Å². The van der Waals surface area contributed by atoms with Crippen molar-refractivity contribution in [2.24, 2.45) is 0 Å². The fraction of sp³-hybridized carbons (Fsp3) is 0.207. The van der Waals surface area contributed by atoms with E-state index >= 15 is 0 Å².